The summed E-state index contributed by atoms with van der Waals surface area (Å²) < 4.78 is 62.4. The molecule has 6 rings (SSSR count). The number of hydrogen-bond donors (Lipinski definition) is 0. The number of carbonyl (C=O) groups excluding carboxylic acids is 5. The highest BCUT2D eigenvalue weighted by Gasteiger charge is 2.58. The van der Waals surface area contributed by atoms with Gasteiger partial charge in [0.25, 0.3) is 0 Å². The Hall–Kier alpha value is -5.07. The average Bonchev–Trinajstić information content (AvgIpc) is 3.24. The molecule has 3 aliphatic rings. The van der Waals surface area contributed by atoms with E-state index in [4.69, 9.17) is 47.4 Å². The van der Waals surface area contributed by atoms with Crippen LogP contribution in [-0.2, 0) is 91.2 Å². The first kappa shape index (κ1) is 47.4. The van der Waals surface area contributed by atoms with Crippen LogP contribution < -0.4 is 0 Å². The number of nitrogens with zero attached hydrogens (tertiary/aromatic N) is 1. The minimum absolute atomic E-state index is 0.0364. The van der Waals surface area contributed by atoms with Crippen molar-refractivity contribution in [3.05, 3.63) is 108 Å². The Morgan fingerprint density at radius 1 is 0.571 bits per heavy atom. The maximum Gasteiger partial charge on any atom is 0.303 e. The molecule has 3 aromatic carbocycles. The molecule has 0 spiro atoms. The highest BCUT2D eigenvalue weighted by atomic mass is 16.7. The van der Waals surface area contributed by atoms with Crippen molar-refractivity contribution in [1.82, 2.24) is 4.90 Å². The highest BCUT2D eigenvalue weighted by molar-refractivity contribution is 5.99. The third kappa shape index (κ3) is 12.8. The van der Waals surface area contributed by atoms with Gasteiger partial charge in [-0.25, -0.2) is 0 Å². The maximum atomic E-state index is 14.0. The predicted molar refractivity (Wildman–Crippen MR) is 222 cm³/mol. The summed E-state index contributed by atoms with van der Waals surface area (Å²) in [6.45, 7) is 6.77. The Morgan fingerprint density at radius 3 is 1.49 bits per heavy atom. The second-order valence-electron chi connectivity index (χ2n) is 16.6. The fourth-order valence-electron chi connectivity index (χ4n) is 8.08. The number of ether oxygens (including phenoxy) is 10. The third-order valence-electron chi connectivity index (χ3n) is 10.9. The predicted octanol–water partition coefficient (Wildman–Crippen LogP) is 4.83. The summed E-state index contributed by atoms with van der Waals surface area (Å²) in [6.07, 6.45) is -10.4. The van der Waals surface area contributed by atoms with E-state index in [-0.39, 0.29) is 39.3 Å². The first-order chi connectivity index (χ1) is 30.2. The van der Waals surface area contributed by atoms with E-state index in [0.29, 0.717) is 0 Å². The quantitative estimate of drug-likeness (QED) is 0.0963. The number of hydrogen-bond acceptors (Lipinski definition) is 15. The van der Waals surface area contributed by atoms with E-state index in [0.717, 1.165) is 35.4 Å². The number of rotatable bonds is 18. The Bertz CT molecular complexity index is 1960. The van der Waals surface area contributed by atoms with E-state index in [1.165, 1.54) is 14.0 Å². The number of methoxy groups -OCH3 is 1. The molecule has 0 radical (unpaired) electrons. The van der Waals surface area contributed by atoms with Crippen LogP contribution >= 0.6 is 0 Å². The van der Waals surface area contributed by atoms with Crippen molar-refractivity contribution in [1.29, 1.82) is 0 Å². The van der Waals surface area contributed by atoms with Crippen molar-refractivity contribution in [2.75, 3.05) is 20.3 Å². The monoisotopic (exact) mass is 875 g/mol. The van der Waals surface area contributed by atoms with Gasteiger partial charge in [0, 0.05) is 40.7 Å². The molecule has 340 valence electrons. The summed E-state index contributed by atoms with van der Waals surface area (Å²) in [5.41, 5.74) is 1.99. The van der Waals surface area contributed by atoms with Gasteiger partial charge in [0.1, 0.15) is 43.2 Å². The van der Waals surface area contributed by atoms with Crippen LogP contribution in [0.1, 0.15) is 64.2 Å². The first-order valence-corrected chi connectivity index (χ1v) is 21.0. The van der Waals surface area contributed by atoms with E-state index >= 15 is 0 Å². The molecule has 0 unspecified atom stereocenters. The molecule has 16 heteroatoms. The molecule has 0 saturated carbocycles. The van der Waals surface area contributed by atoms with Crippen LogP contribution in [0.25, 0.3) is 0 Å². The number of imide groups is 1. The molecule has 63 heavy (non-hydrogen) atoms. The molecule has 3 aromatic rings. The van der Waals surface area contributed by atoms with E-state index < -0.39 is 103 Å². The standard InChI is InChI=1S/C47H57NO15/c1-29(49)55-27-36-41(60-30(2)50)42(61-31(3)51)39(48-37(52)22-47(4,5)23-38(48)53)45(62-36)59-28-35-40(56-24-32-16-10-7-11-17-32)43(57-25-33-18-12-8-13-19-33)44(46(54-6)63-35)58-26-34-20-14-9-15-21-34/h7-21,35-36,39-46H,22-28H2,1-6H3/t35-,36-,39-,40-,41-,42-,43+,44-,45-,46+/m1/s1. The Morgan fingerprint density at radius 2 is 1.02 bits per heavy atom. The third-order valence-corrected chi connectivity index (χ3v) is 10.9. The maximum absolute atomic E-state index is 14.0. The van der Waals surface area contributed by atoms with Crippen molar-refractivity contribution in [2.24, 2.45) is 5.41 Å². The highest BCUT2D eigenvalue weighted by Crippen LogP contribution is 2.39. The van der Waals surface area contributed by atoms with Gasteiger partial charge in [-0.3, -0.25) is 28.9 Å². The molecule has 16 nitrogen and oxygen atoms in total. The van der Waals surface area contributed by atoms with Gasteiger partial charge < -0.3 is 47.4 Å². The largest absolute Gasteiger partial charge is 0.463 e. The Kier molecular flexibility index (Phi) is 16.6. The Labute approximate surface area is 367 Å². The zero-order valence-corrected chi connectivity index (χ0v) is 36.5. The molecule has 3 saturated heterocycles. The lowest BCUT2D eigenvalue weighted by atomic mass is 9.80. The molecule has 3 aliphatic heterocycles. The molecule has 0 aromatic heterocycles. The van der Waals surface area contributed by atoms with Crippen LogP contribution in [-0.4, -0.2) is 116 Å². The number of carbonyl (C=O) groups is 5. The minimum atomic E-state index is -1.55. The molecule has 0 aliphatic carbocycles. The van der Waals surface area contributed by atoms with Gasteiger partial charge in [0.2, 0.25) is 11.8 Å². The molecule has 3 fully saturated rings. The lowest BCUT2D eigenvalue weighted by molar-refractivity contribution is -0.337. The van der Waals surface area contributed by atoms with Gasteiger partial charge in [0.05, 0.1) is 26.4 Å². The van der Waals surface area contributed by atoms with Gasteiger partial charge in [-0.2, -0.15) is 0 Å². The van der Waals surface area contributed by atoms with Crippen LogP contribution in [0.5, 0.6) is 0 Å². The lowest BCUT2D eigenvalue weighted by Crippen LogP contribution is -2.70. The van der Waals surface area contributed by atoms with Crippen LogP contribution in [0, 0.1) is 5.41 Å². The van der Waals surface area contributed by atoms with Crippen molar-refractivity contribution >= 4 is 29.7 Å². The molecule has 10 atom stereocenters. The van der Waals surface area contributed by atoms with Gasteiger partial charge in [0.15, 0.2) is 24.8 Å². The van der Waals surface area contributed by atoms with Gasteiger partial charge in [-0.05, 0) is 22.1 Å². The van der Waals surface area contributed by atoms with Crippen LogP contribution in [0.3, 0.4) is 0 Å². The van der Waals surface area contributed by atoms with Crippen LogP contribution in [0.4, 0.5) is 0 Å². The minimum Gasteiger partial charge on any atom is -0.463 e. The van der Waals surface area contributed by atoms with Gasteiger partial charge in [-0.15, -0.1) is 0 Å². The number of piperidine rings is 1. The van der Waals surface area contributed by atoms with Crippen molar-refractivity contribution < 1.29 is 71.3 Å². The smallest absolute Gasteiger partial charge is 0.303 e. The number of benzene rings is 3. The summed E-state index contributed by atoms with van der Waals surface area (Å²) in [6, 6.07) is 27.3. The average molecular weight is 876 g/mol. The molecular weight excluding hydrogens is 819 g/mol. The van der Waals surface area contributed by atoms with Crippen molar-refractivity contribution in [3.63, 3.8) is 0 Å². The van der Waals surface area contributed by atoms with Crippen LogP contribution in [0.2, 0.25) is 0 Å². The summed E-state index contributed by atoms with van der Waals surface area (Å²) in [5.74, 6) is -3.42. The summed E-state index contributed by atoms with van der Waals surface area (Å²) in [4.78, 5) is 66.4. The van der Waals surface area contributed by atoms with E-state index in [1.54, 1.807) is 13.8 Å². The van der Waals surface area contributed by atoms with Crippen molar-refractivity contribution in [2.45, 2.75) is 129 Å². The fourth-order valence-corrected chi connectivity index (χ4v) is 8.08. The molecule has 0 N–H and O–H groups in total. The molecule has 3 heterocycles. The van der Waals surface area contributed by atoms with Crippen molar-refractivity contribution in [3.8, 4) is 0 Å². The second kappa shape index (κ2) is 22.0. The molecule has 2 amide bonds. The molecular formula is C47H57NO15. The van der Waals surface area contributed by atoms with Gasteiger partial charge >= 0.3 is 17.9 Å². The zero-order valence-electron chi connectivity index (χ0n) is 36.5. The van der Waals surface area contributed by atoms with E-state index in [2.05, 4.69) is 0 Å². The van der Waals surface area contributed by atoms with Crippen LogP contribution in [0.15, 0.2) is 91.0 Å². The number of likely N-dealkylation sites (tertiary alicyclic amines) is 1. The summed E-state index contributed by atoms with van der Waals surface area (Å²) in [5, 5.41) is 0. The lowest BCUT2D eigenvalue weighted by Gasteiger charge is -2.50. The first-order valence-electron chi connectivity index (χ1n) is 21.0. The SMILES string of the molecule is CO[C@H]1O[C@H](CO[C@@H]2O[C@H](COC(C)=O)[C@@H](OC(C)=O)[C@H](OC(C)=O)[C@H]2N2C(=O)CC(C)(C)CC2=O)[C@@H](OCc2ccccc2)[C@H](OCc2ccccc2)[C@H]1OCc1ccccc1. The summed E-state index contributed by atoms with van der Waals surface area (Å²) in [7, 11) is 1.48. The number of esters is 3. The topological polar surface area (TPSA) is 181 Å². The second-order valence-corrected chi connectivity index (χ2v) is 16.6. The Balaban J connectivity index is 1.38. The zero-order chi connectivity index (χ0) is 45.1. The molecule has 0 bridgehead atoms. The van der Waals surface area contributed by atoms with Gasteiger partial charge in [-0.1, -0.05) is 105 Å². The normalized spacial score (nSPS) is 28.3. The summed E-state index contributed by atoms with van der Waals surface area (Å²) >= 11 is 0. The number of amides is 2. The van der Waals surface area contributed by atoms with E-state index in [9.17, 15) is 24.0 Å². The fraction of sp³-hybridized carbons (Fsp3) is 0.511. The van der Waals surface area contributed by atoms with E-state index in [1.807, 2.05) is 91.0 Å².